The van der Waals surface area contributed by atoms with E-state index in [4.69, 9.17) is 14.5 Å². The Bertz CT molecular complexity index is 1220. The molecule has 2 aromatic rings. The summed E-state index contributed by atoms with van der Waals surface area (Å²) in [5.41, 5.74) is 1.97. The first kappa shape index (κ1) is 30.8. The van der Waals surface area contributed by atoms with Crippen LogP contribution < -0.4 is 10.6 Å². The number of ether oxygens (including phenoxy) is 2. The molecule has 2 aliphatic heterocycles. The van der Waals surface area contributed by atoms with Crippen LogP contribution in [0.1, 0.15) is 88.7 Å². The lowest BCUT2D eigenvalue weighted by Crippen LogP contribution is -2.51. The number of aliphatic imine (C=N–C) groups is 1. The molecule has 5 rings (SSSR count). The van der Waals surface area contributed by atoms with Crippen LogP contribution in [0, 0.1) is 11.8 Å². The Balaban J connectivity index is 1.54. The lowest BCUT2D eigenvalue weighted by Gasteiger charge is -2.33. The normalized spacial score (nSPS) is 26.1. The van der Waals surface area contributed by atoms with Crippen molar-refractivity contribution >= 4 is 23.7 Å². The Labute approximate surface area is 255 Å². The monoisotopic (exact) mass is 587 g/mol. The van der Waals surface area contributed by atoms with Crippen LogP contribution in [0.5, 0.6) is 0 Å². The minimum absolute atomic E-state index is 0.00480. The molecule has 3 aliphatic rings. The van der Waals surface area contributed by atoms with Crippen LogP contribution in [0.25, 0.3) is 0 Å². The second-order valence-electron chi connectivity index (χ2n) is 12.3. The van der Waals surface area contributed by atoms with Gasteiger partial charge >= 0.3 is 5.97 Å². The van der Waals surface area contributed by atoms with Crippen LogP contribution in [0.4, 0.5) is 0 Å². The van der Waals surface area contributed by atoms with E-state index < -0.39 is 30.2 Å². The smallest absolute Gasteiger partial charge is 0.329 e. The van der Waals surface area contributed by atoms with E-state index in [1.807, 2.05) is 67.6 Å². The van der Waals surface area contributed by atoms with E-state index in [0.29, 0.717) is 5.90 Å². The molecule has 0 spiro atoms. The lowest BCUT2D eigenvalue weighted by atomic mass is 9.83. The van der Waals surface area contributed by atoms with Crippen LogP contribution in [0.2, 0.25) is 0 Å². The molecule has 5 atom stereocenters. The Kier molecular flexibility index (Phi) is 10.5. The predicted molar refractivity (Wildman–Crippen MR) is 166 cm³/mol. The van der Waals surface area contributed by atoms with E-state index in [-0.39, 0.29) is 42.6 Å². The molecule has 43 heavy (non-hydrogen) atoms. The summed E-state index contributed by atoms with van der Waals surface area (Å²) in [7, 11) is 0. The summed E-state index contributed by atoms with van der Waals surface area (Å²) in [6.07, 6.45) is 7.07. The van der Waals surface area contributed by atoms with E-state index in [1.165, 1.54) is 0 Å². The molecule has 0 aromatic heterocycles. The summed E-state index contributed by atoms with van der Waals surface area (Å²) in [6.45, 7) is 4.21. The van der Waals surface area contributed by atoms with Crippen molar-refractivity contribution in [1.29, 1.82) is 0 Å². The molecular weight excluding hydrogens is 542 g/mol. The number of carbonyl (C=O) groups excluding carboxylic acids is 3. The molecular formula is C35H45N3O5. The van der Waals surface area contributed by atoms with E-state index in [2.05, 4.69) is 17.6 Å². The number of carbonyl (C=O) groups is 3. The zero-order valence-electron chi connectivity index (χ0n) is 25.4. The maximum absolute atomic E-state index is 13.9. The van der Waals surface area contributed by atoms with Crippen molar-refractivity contribution in [2.24, 2.45) is 16.8 Å². The first-order valence-electron chi connectivity index (χ1n) is 16.0. The number of amides is 2. The fraction of sp³-hybridized carbons (Fsp3) is 0.543. The fourth-order valence-electron chi connectivity index (χ4n) is 6.68. The quantitative estimate of drug-likeness (QED) is 0.408. The van der Waals surface area contributed by atoms with Crippen molar-refractivity contribution in [1.82, 2.24) is 10.6 Å². The van der Waals surface area contributed by atoms with Crippen molar-refractivity contribution in [3.8, 4) is 0 Å². The fourth-order valence-corrected chi connectivity index (χ4v) is 6.68. The molecule has 1 saturated carbocycles. The van der Waals surface area contributed by atoms with E-state index in [9.17, 15) is 14.4 Å². The summed E-state index contributed by atoms with van der Waals surface area (Å²) < 4.78 is 12.3. The summed E-state index contributed by atoms with van der Waals surface area (Å²) in [5.74, 6) is -1.07. The molecule has 0 unspecified atom stereocenters. The molecule has 0 saturated heterocycles. The Morgan fingerprint density at radius 3 is 2.19 bits per heavy atom. The number of nitrogens with one attached hydrogen (secondary N) is 2. The minimum atomic E-state index is -0.819. The van der Waals surface area contributed by atoms with Gasteiger partial charge in [0, 0.05) is 5.92 Å². The SMILES string of the molecule is CCCC[C@H](C)[C@@H]1CC(=O)N[C@@H](C(c2ccccc2)c2ccccc2)C2=N[C@H](CO2)C(=O)N[C@H](C2CCCCC2)C(=O)O1. The van der Waals surface area contributed by atoms with Gasteiger partial charge < -0.3 is 20.1 Å². The number of esters is 1. The highest BCUT2D eigenvalue weighted by Gasteiger charge is 2.41. The summed E-state index contributed by atoms with van der Waals surface area (Å²) in [5, 5.41) is 6.23. The Morgan fingerprint density at radius 1 is 0.907 bits per heavy atom. The van der Waals surface area contributed by atoms with Crippen LogP contribution >= 0.6 is 0 Å². The summed E-state index contributed by atoms with van der Waals surface area (Å²) >= 11 is 0. The standard InChI is InChI=1S/C35H45N3O5/c1-3-4-14-23(2)28-21-29(39)37-32(30(24-15-8-5-9-16-24)25-17-10-6-11-18-25)34-36-27(22-42-34)33(40)38-31(35(41)43-28)26-19-12-7-13-20-26/h5-6,8-11,15-18,23,26-28,30-32H,3-4,7,12-14,19-22H2,1-2H3,(H,37,39)(H,38,40)/t23-,27+,28-,31+,32-/m0/s1. The molecule has 1 aliphatic carbocycles. The number of fused-ring (bicyclic) bond motifs is 1. The summed E-state index contributed by atoms with van der Waals surface area (Å²) in [6, 6.07) is 17.6. The molecule has 2 N–H and O–H groups in total. The van der Waals surface area contributed by atoms with Gasteiger partial charge in [0.1, 0.15) is 24.8 Å². The van der Waals surface area contributed by atoms with Gasteiger partial charge in [0.2, 0.25) is 17.7 Å². The van der Waals surface area contributed by atoms with Crippen LogP contribution in [0.15, 0.2) is 65.7 Å². The lowest BCUT2D eigenvalue weighted by molar-refractivity contribution is -0.159. The highest BCUT2D eigenvalue weighted by molar-refractivity contribution is 5.95. The van der Waals surface area contributed by atoms with Crippen LogP contribution in [0.3, 0.4) is 0 Å². The minimum Gasteiger partial charge on any atom is -0.477 e. The number of rotatable bonds is 8. The highest BCUT2D eigenvalue weighted by atomic mass is 16.5. The van der Waals surface area contributed by atoms with Gasteiger partial charge in [-0.1, -0.05) is 107 Å². The number of benzene rings is 2. The molecule has 230 valence electrons. The van der Waals surface area contributed by atoms with Gasteiger partial charge in [0.05, 0.1) is 6.42 Å². The average molecular weight is 588 g/mol. The van der Waals surface area contributed by atoms with Gasteiger partial charge in [-0.3, -0.25) is 9.59 Å². The van der Waals surface area contributed by atoms with Gasteiger partial charge in [-0.05, 0) is 42.2 Å². The van der Waals surface area contributed by atoms with Crippen molar-refractivity contribution in [3.05, 3.63) is 71.8 Å². The topological polar surface area (TPSA) is 106 Å². The molecule has 2 heterocycles. The van der Waals surface area contributed by atoms with Crippen molar-refractivity contribution < 1.29 is 23.9 Å². The average Bonchev–Trinajstić information content (AvgIpc) is 3.53. The predicted octanol–water partition coefficient (Wildman–Crippen LogP) is 5.31. The number of cyclic esters (lactones) is 1. The summed E-state index contributed by atoms with van der Waals surface area (Å²) in [4.78, 5) is 46.0. The van der Waals surface area contributed by atoms with Gasteiger partial charge in [0.15, 0.2) is 6.04 Å². The molecule has 1 fully saturated rings. The second-order valence-corrected chi connectivity index (χ2v) is 12.3. The van der Waals surface area contributed by atoms with Gasteiger partial charge in [-0.15, -0.1) is 0 Å². The zero-order chi connectivity index (χ0) is 30.2. The van der Waals surface area contributed by atoms with E-state index in [0.717, 1.165) is 62.5 Å². The molecule has 0 radical (unpaired) electrons. The Morgan fingerprint density at radius 2 is 1.56 bits per heavy atom. The second kappa shape index (κ2) is 14.7. The van der Waals surface area contributed by atoms with Gasteiger partial charge in [0.25, 0.3) is 0 Å². The zero-order valence-corrected chi connectivity index (χ0v) is 25.4. The van der Waals surface area contributed by atoms with Crippen molar-refractivity contribution in [2.45, 2.75) is 102 Å². The third-order valence-corrected chi connectivity index (χ3v) is 9.18. The number of hydrogen-bond donors (Lipinski definition) is 2. The molecule has 2 amide bonds. The number of hydrogen-bond acceptors (Lipinski definition) is 6. The number of unbranched alkanes of at least 4 members (excludes halogenated alkanes) is 1. The first-order valence-corrected chi connectivity index (χ1v) is 16.0. The van der Waals surface area contributed by atoms with Gasteiger partial charge in [-0.2, -0.15) is 0 Å². The van der Waals surface area contributed by atoms with E-state index in [1.54, 1.807) is 0 Å². The van der Waals surface area contributed by atoms with Crippen LogP contribution in [-0.2, 0) is 23.9 Å². The maximum atomic E-state index is 13.9. The van der Waals surface area contributed by atoms with Gasteiger partial charge in [-0.25, -0.2) is 9.79 Å². The number of nitrogens with zero attached hydrogens (tertiary/aromatic N) is 1. The van der Waals surface area contributed by atoms with Crippen LogP contribution in [-0.4, -0.2) is 54.5 Å². The largest absolute Gasteiger partial charge is 0.477 e. The molecule has 2 bridgehead atoms. The first-order chi connectivity index (χ1) is 20.9. The maximum Gasteiger partial charge on any atom is 0.329 e. The molecule has 8 nitrogen and oxygen atoms in total. The molecule has 8 heteroatoms. The molecule has 2 aromatic carbocycles. The highest BCUT2D eigenvalue weighted by Crippen LogP contribution is 2.32. The third-order valence-electron chi connectivity index (χ3n) is 9.18. The third kappa shape index (κ3) is 7.64. The van der Waals surface area contributed by atoms with E-state index >= 15 is 0 Å². The Hall–Kier alpha value is -3.68. The van der Waals surface area contributed by atoms with Crippen molar-refractivity contribution in [3.63, 3.8) is 0 Å². The van der Waals surface area contributed by atoms with Crippen molar-refractivity contribution in [2.75, 3.05) is 6.61 Å².